The number of ether oxygens (including phenoxy) is 1. The third-order valence-electron chi connectivity index (χ3n) is 4.47. The number of nitrogens with two attached hydrogens (primary N) is 1. The van der Waals surface area contributed by atoms with Crippen molar-refractivity contribution in [3.05, 3.63) is 62.6 Å². The van der Waals surface area contributed by atoms with Gasteiger partial charge in [-0.25, -0.2) is 19.3 Å². The van der Waals surface area contributed by atoms with Crippen molar-refractivity contribution in [2.45, 2.75) is 6.92 Å². The lowest BCUT2D eigenvalue weighted by atomic mass is 10.1. The number of primary amides is 1. The number of nitrogens with one attached hydrogen (secondary N) is 1. The van der Waals surface area contributed by atoms with Gasteiger partial charge in [-0.05, 0) is 37.3 Å². The van der Waals surface area contributed by atoms with Crippen LogP contribution in [0.15, 0.2) is 41.2 Å². The fourth-order valence-electron chi connectivity index (χ4n) is 3.12. The Bertz CT molecular complexity index is 1400. The molecule has 0 atom stereocenters. The molecule has 158 valence electrons. The molecule has 0 saturated heterocycles. The monoisotopic (exact) mass is 459 g/mol. The summed E-state index contributed by atoms with van der Waals surface area (Å²) in [5.41, 5.74) is 5.38. The zero-order valence-corrected chi connectivity index (χ0v) is 17.5. The number of hydrogen-bond acceptors (Lipinski definition) is 6. The van der Waals surface area contributed by atoms with Crippen molar-refractivity contribution < 1.29 is 14.6 Å². The van der Waals surface area contributed by atoms with Crippen LogP contribution in [0.3, 0.4) is 0 Å². The highest BCUT2D eigenvalue weighted by atomic mass is 35.5. The Hall–Kier alpha value is -3.56. The molecule has 0 aliphatic heterocycles. The normalized spacial score (nSPS) is 11.1. The molecule has 0 spiro atoms. The van der Waals surface area contributed by atoms with Crippen LogP contribution in [0.25, 0.3) is 28.2 Å². The standard InChI is InChI=1S/C20H15Cl2N5O4/c1-2-31-13-5-3-4-10(16(13)28)18-24-14(17(23)29)15-19(26-18)27(20(30)25-15)9-6-7-11(21)12(22)8-9/h3-8,28H,2H2,1H3,(H2,23,29)(H,25,30). The molecular formula is C20H15Cl2N5O4. The van der Waals surface area contributed by atoms with Crippen LogP contribution in [0.1, 0.15) is 17.4 Å². The zero-order chi connectivity index (χ0) is 22.3. The van der Waals surface area contributed by atoms with Gasteiger partial charge in [-0.3, -0.25) is 4.79 Å². The van der Waals surface area contributed by atoms with Gasteiger partial charge in [0.05, 0.1) is 27.9 Å². The zero-order valence-electron chi connectivity index (χ0n) is 16.0. The second-order valence-corrected chi connectivity index (χ2v) is 7.22. The smallest absolute Gasteiger partial charge is 0.332 e. The van der Waals surface area contributed by atoms with Gasteiger partial charge in [0.15, 0.2) is 28.7 Å². The van der Waals surface area contributed by atoms with E-state index in [0.717, 1.165) is 0 Å². The van der Waals surface area contributed by atoms with Crippen LogP contribution in [-0.2, 0) is 0 Å². The van der Waals surface area contributed by atoms with E-state index in [9.17, 15) is 14.7 Å². The van der Waals surface area contributed by atoms with Crippen molar-refractivity contribution in [2.75, 3.05) is 6.61 Å². The van der Waals surface area contributed by atoms with E-state index >= 15 is 0 Å². The number of hydrogen-bond donors (Lipinski definition) is 3. The number of phenols is 1. The van der Waals surface area contributed by atoms with Gasteiger partial charge in [0, 0.05) is 0 Å². The van der Waals surface area contributed by atoms with Gasteiger partial charge in [0.1, 0.15) is 5.52 Å². The Morgan fingerprint density at radius 3 is 2.68 bits per heavy atom. The number of nitrogens with zero attached hydrogens (tertiary/aromatic N) is 3. The number of fused-ring (bicyclic) bond motifs is 1. The van der Waals surface area contributed by atoms with Gasteiger partial charge in [0.25, 0.3) is 5.91 Å². The average molecular weight is 460 g/mol. The number of para-hydroxylation sites is 1. The van der Waals surface area contributed by atoms with E-state index in [1.807, 2.05) is 0 Å². The number of amides is 1. The van der Waals surface area contributed by atoms with Gasteiger partial charge in [-0.15, -0.1) is 0 Å². The molecule has 0 fully saturated rings. The van der Waals surface area contributed by atoms with Crippen molar-refractivity contribution in [1.82, 2.24) is 19.5 Å². The Balaban J connectivity index is 2.04. The van der Waals surface area contributed by atoms with Crippen LogP contribution in [0, 0.1) is 0 Å². The summed E-state index contributed by atoms with van der Waals surface area (Å²) in [6.45, 7) is 2.10. The summed E-state index contributed by atoms with van der Waals surface area (Å²) < 4.78 is 6.61. The minimum absolute atomic E-state index is 0.0202. The van der Waals surface area contributed by atoms with Gasteiger partial charge < -0.3 is 20.6 Å². The highest BCUT2D eigenvalue weighted by Crippen LogP contribution is 2.36. The van der Waals surface area contributed by atoms with Crippen molar-refractivity contribution >= 4 is 40.3 Å². The number of halogens is 2. The topological polar surface area (TPSA) is 136 Å². The quantitative estimate of drug-likeness (QED) is 0.418. The van der Waals surface area contributed by atoms with E-state index in [1.165, 1.54) is 16.7 Å². The number of rotatable bonds is 5. The van der Waals surface area contributed by atoms with Crippen molar-refractivity contribution in [2.24, 2.45) is 5.73 Å². The second-order valence-electron chi connectivity index (χ2n) is 6.41. The van der Waals surface area contributed by atoms with E-state index in [-0.39, 0.29) is 44.8 Å². The fraction of sp³-hybridized carbons (Fsp3) is 0.100. The second kappa shape index (κ2) is 7.93. The predicted octanol–water partition coefficient (Wildman–Crippen LogP) is 3.29. The summed E-state index contributed by atoms with van der Waals surface area (Å²) in [6.07, 6.45) is 0. The number of benzene rings is 2. The van der Waals surface area contributed by atoms with E-state index in [0.29, 0.717) is 17.3 Å². The maximum Gasteiger partial charge on any atom is 0.332 e. The van der Waals surface area contributed by atoms with Gasteiger partial charge in [0.2, 0.25) is 0 Å². The SMILES string of the molecule is CCOc1cccc(-c2nc(C(N)=O)c3[nH]c(=O)n(-c4ccc(Cl)c(Cl)c4)c3n2)c1O. The van der Waals surface area contributed by atoms with E-state index in [2.05, 4.69) is 15.0 Å². The predicted molar refractivity (Wildman–Crippen MR) is 116 cm³/mol. The first kappa shape index (κ1) is 20.7. The Morgan fingerprint density at radius 1 is 1.23 bits per heavy atom. The minimum Gasteiger partial charge on any atom is -0.504 e. The molecule has 31 heavy (non-hydrogen) atoms. The molecule has 0 bridgehead atoms. The van der Waals surface area contributed by atoms with Crippen LogP contribution in [0.4, 0.5) is 0 Å². The number of H-pyrrole nitrogens is 1. The summed E-state index contributed by atoms with van der Waals surface area (Å²) in [5.74, 6) is -0.886. The number of aromatic nitrogens is 4. The molecule has 1 amide bonds. The molecule has 4 N–H and O–H groups in total. The lowest BCUT2D eigenvalue weighted by molar-refractivity contribution is 0.0997. The summed E-state index contributed by atoms with van der Waals surface area (Å²) in [7, 11) is 0. The minimum atomic E-state index is -0.878. The van der Waals surface area contributed by atoms with E-state index in [4.69, 9.17) is 33.7 Å². The molecule has 9 nitrogen and oxygen atoms in total. The number of imidazole rings is 1. The fourth-order valence-corrected chi connectivity index (χ4v) is 3.41. The summed E-state index contributed by atoms with van der Waals surface area (Å²) in [4.78, 5) is 35.9. The Morgan fingerprint density at radius 2 is 2.00 bits per heavy atom. The Kier molecular flexibility index (Phi) is 5.30. The highest BCUT2D eigenvalue weighted by Gasteiger charge is 2.22. The highest BCUT2D eigenvalue weighted by molar-refractivity contribution is 6.42. The van der Waals surface area contributed by atoms with Gasteiger partial charge in [-0.1, -0.05) is 29.3 Å². The molecule has 2 aromatic heterocycles. The molecule has 4 rings (SSSR count). The molecule has 2 heterocycles. The van der Waals surface area contributed by atoms with Crippen LogP contribution in [0.5, 0.6) is 11.5 Å². The van der Waals surface area contributed by atoms with Gasteiger partial charge >= 0.3 is 5.69 Å². The molecule has 0 saturated carbocycles. The molecule has 4 aromatic rings. The lowest BCUT2D eigenvalue weighted by Gasteiger charge is -2.11. The van der Waals surface area contributed by atoms with Gasteiger partial charge in [-0.2, -0.15) is 0 Å². The third kappa shape index (κ3) is 3.58. The van der Waals surface area contributed by atoms with E-state index < -0.39 is 11.6 Å². The van der Waals surface area contributed by atoms with Crippen LogP contribution in [-0.4, -0.2) is 37.1 Å². The number of phenolic OH excluding ortho intramolecular Hbond substituents is 1. The number of carbonyl (C=O) groups is 1. The number of aromatic hydroxyl groups is 1. The maximum atomic E-state index is 12.7. The summed E-state index contributed by atoms with van der Waals surface area (Å²) in [6, 6.07) is 9.36. The van der Waals surface area contributed by atoms with Crippen molar-refractivity contribution in [3.8, 4) is 28.6 Å². The summed E-state index contributed by atoms with van der Waals surface area (Å²) >= 11 is 12.1. The third-order valence-corrected chi connectivity index (χ3v) is 5.21. The maximum absolute atomic E-state index is 12.7. The lowest BCUT2D eigenvalue weighted by Crippen LogP contribution is -2.15. The molecule has 11 heteroatoms. The number of aromatic amines is 1. The average Bonchev–Trinajstić information content (AvgIpc) is 3.06. The van der Waals surface area contributed by atoms with Crippen LogP contribution >= 0.6 is 23.2 Å². The first-order chi connectivity index (χ1) is 14.8. The first-order valence-electron chi connectivity index (χ1n) is 9.05. The summed E-state index contributed by atoms with van der Waals surface area (Å²) in [5, 5.41) is 11.1. The number of carbonyl (C=O) groups excluding carboxylic acids is 1. The molecule has 0 unspecified atom stereocenters. The largest absolute Gasteiger partial charge is 0.504 e. The van der Waals surface area contributed by atoms with Crippen molar-refractivity contribution in [3.63, 3.8) is 0 Å². The molecule has 0 aliphatic rings. The van der Waals surface area contributed by atoms with Crippen LogP contribution < -0.4 is 16.2 Å². The molecule has 0 aliphatic carbocycles. The van der Waals surface area contributed by atoms with Crippen molar-refractivity contribution in [1.29, 1.82) is 0 Å². The van der Waals surface area contributed by atoms with Crippen LogP contribution in [0.2, 0.25) is 10.0 Å². The van der Waals surface area contributed by atoms with E-state index in [1.54, 1.807) is 31.2 Å². The molecular weight excluding hydrogens is 445 g/mol. The Labute approximate surface area is 185 Å². The first-order valence-corrected chi connectivity index (χ1v) is 9.80. The molecule has 2 aromatic carbocycles. The molecule has 0 radical (unpaired) electrons.